The maximum Gasteiger partial charge on any atom is 0.407 e. The second kappa shape index (κ2) is 11.4. The molecule has 188 valence electrons. The van der Waals surface area contributed by atoms with Crippen molar-refractivity contribution in [1.82, 2.24) is 10.6 Å². The van der Waals surface area contributed by atoms with Crippen LogP contribution in [0, 0.1) is 5.41 Å². The predicted octanol–water partition coefficient (Wildman–Crippen LogP) is 5.09. The van der Waals surface area contributed by atoms with Crippen LogP contribution < -0.4 is 10.6 Å². The number of ether oxygens (including phenoxy) is 1. The summed E-state index contributed by atoms with van der Waals surface area (Å²) < 4.78 is 5.59. The van der Waals surface area contributed by atoms with Crippen molar-refractivity contribution in [1.29, 1.82) is 0 Å². The average molecular weight is 481 g/mol. The zero-order valence-corrected chi connectivity index (χ0v) is 21.0. The largest absolute Gasteiger partial charge is 0.481 e. The summed E-state index contributed by atoms with van der Waals surface area (Å²) >= 11 is 0. The maximum atomic E-state index is 13.0. The molecule has 0 aliphatic heterocycles. The van der Waals surface area contributed by atoms with E-state index in [1.54, 1.807) is 0 Å². The number of carbonyl (C=O) groups is 3. The number of fused-ring (bicyclic) bond motifs is 3. The zero-order valence-electron chi connectivity index (χ0n) is 21.0. The van der Waals surface area contributed by atoms with Gasteiger partial charge in [0.15, 0.2) is 0 Å². The Morgan fingerprint density at radius 1 is 0.971 bits per heavy atom. The molecule has 7 heteroatoms. The van der Waals surface area contributed by atoms with Crippen molar-refractivity contribution in [2.45, 2.75) is 71.4 Å². The summed E-state index contributed by atoms with van der Waals surface area (Å²) in [6.45, 7) is 8.06. The molecule has 0 spiro atoms. The van der Waals surface area contributed by atoms with Gasteiger partial charge >= 0.3 is 12.1 Å². The van der Waals surface area contributed by atoms with Gasteiger partial charge in [-0.2, -0.15) is 0 Å². The fraction of sp³-hybridized carbons (Fsp3) is 0.464. The van der Waals surface area contributed by atoms with Crippen molar-refractivity contribution in [2.75, 3.05) is 6.61 Å². The Balaban J connectivity index is 1.64. The number of benzene rings is 2. The van der Waals surface area contributed by atoms with Gasteiger partial charge in [-0.05, 0) is 40.5 Å². The number of carboxylic acids is 1. The van der Waals surface area contributed by atoms with Crippen molar-refractivity contribution >= 4 is 18.0 Å². The molecular weight excluding hydrogens is 444 g/mol. The lowest BCUT2D eigenvalue weighted by atomic mass is 9.87. The molecule has 2 aromatic rings. The van der Waals surface area contributed by atoms with Gasteiger partial charge in [0.2, 0.25) is 5.91 Å². The normalized spacial score (nSPS) is 14.4. The first-order chi connectivity index (χ1) is 16.6. The minimum atomic E-state index is -0.976. The minimum Gasteiger partial charge on any atom is -0.481 e. The topological polar surface area (TPSA) is 105 Å². The summed E-state index contributed by atoms with van der Waals surface area (Å²) in [4.78, 5) is 37.0. The number of rotatable bonds is 10. The Hall–Kier alpha value is -3.35. The third kappa shape index (κ3) is 7.07. The van der Waals surface area contributed by atoms with E-state index in [0.29, 0.717) is 19.3 Å². The average Bonchev–Trinajstić information content (AvgIpc) is 3.09. The van der Waals surface area contributed by atoms with Crippen molar-refractivity contribution in [3.05, 3.63) is 59.7 Å². The van der Waals surface area contributed by atoms with Crippen molar-refractivity contribution in [3.63, 3.8) is 0 Å². The Morgan fingerprint density at radius 3 is 2.06 bits per heavy atom. The van der Waals surface area contributed by atoms with E-state index in [-0.39, 0.29) is 24.4 Å². The van der Waals surface area contributed by atoms with E-state index in [1.165, 1.54) is 0 Å². The molecule has 0 aromatic heterocycles. The second-order valence-electron chi connectivity index (χ2n) is 10.4. The van der Waals surface area contributed by atoms with E-state index in [4.69, 9.17) is 4.74 Å². The van der Waals surface area contributed by atoms with Crippen LogP contribution in [-0.4, -0.2) is 41.8 Å². The Bertz CT molecular complexity index is 1010. The van der Waals surface area contributed by atoms with E-state index in [2.05, 4.69) is 22.8 Å². The number of alkyl carbamates (subject to hydrolysis) is 1. The number of nitrogens with one attached hydrogen (secondary N) is 2. The first-order valence-electron chi connectivity index (χ1n) is 12.2. The van der Waals surface area contributed by atoms with Gasteiger partial charge in [-0.3, -0.25) is 9.59 Å². The summed E-state index contributed by atoms with van der Waals surface area (Å²) in [5.74, 6) is -1.44. The third-order valence-electron chi connectivity index (χ3n) is 6.16. The molecule has 2 atom stereocenters. The summed E-state index contributed by atoms with van der Waals surface area (Å²) in [7, 11) is 0. The number of amides is 2. The van der Waals surface area contributed by atoms with Crippen LogP contribution in [0.25, 0.3) is 11.1 Å². The Labute approximate surface area is 207 Å². The summed E-state index contributed by atoms with van der Waals surface area (Å²) in [6, 6.07) is 14.9. The quantitative estimate of drug-likeness (QED) is 0.439. The van der Waals surface area contributed by atoms with Crippen LogP contribution >= 0.6 is 0 Å². The van der Waals surface area contributed by atoms with Crippen LogP contribution in [0.15, 0.2) is 48.5 Å². The van der Waals surface area contributed by atoms with Gasteiger partial charge in [0, 0.05) is 12.0 Å². The molecule has 0 bridgehead atoms. The number of carbonyl (C=O) groups excluding carboxylic acids is 2. The van der Waals surface area contributed by atoms with Gasteiger partial charge < -0.3 is 20.5 Å². The van der Waals surface area contributed by atoms with Crippen LogP contribution in [0.4, 0.5) is 4.79 Å². The molecule has 2 unspecified atom stereocenters. The molecule has 35 heavy (non-hydrogen) atoms. The highest BCUT2D eigenvalue weighted by Crippen LogP contribution is 2.44. The molecule has 3 rings (SSSR count). The smallest absolute Gasteiger partial charge is 0.407 e. The fourth-order valence-corrected chi connectivity index (χ4v) is 4.77. The second-order valence-corrected chi connectivity index (χ2v) is 10.4. The van der Waals surface area contributed by atoms with E-state index in [9.17, 15) is 19.5 Å². The lowest BCUT2D eigenvalue weighted by Gasteiger charge is -2.27. The number of aliphatic carboxylic acids is 1. The molecular formula is C28H36N2O5. The van der Waals surface area contributed by atoms with E-state index in [1.807, 2.05) is 64.1 Å². The van der Waals surface area contributed by atoms with Crippen molar-refractivity contribution < 1.29 is 24.2 Å². The van der Waals surface area contributed by atoms with E-state index in [0.717, 1.165) is 22.3 Å². The highest BCUT2D eigenvalue weighted by Gasteiger charge is 2.30. The van der Waals surface area contributed by atoms with Gasteiger partial charge in [0.25, 0.3) is 0 Å². The molecule has 7 nitrogen and oxygen atoms in total. The number of hydrogen-bond acceptors (Lipinski definition) is 4. The van der Waals surface area contributed by atoms with Crippen molar-refractivity contribution in [3.8, 4) is 11.1 Å². The van der Waals surface area contributed by atoms with Gasteiger partial charge in [0.05, 0.1) is 6.42 Å². The molecule has 0 radical (unpaired) electrons. The SMILES string of the molecule is CCCC(NC(=O)OCC1c2ccccc2-c2ccccc21)C(=O)NC(CC(=O)O)CC(C)(C)C. The van der Waals surface area contributed by atoms with Gasteiger partial charge in [-0.1, -0.05) is 82.6 Å². The summed E-state index contributed by atoms with van der Waals surface area (Å²) in [5, 5.41) is 14.8. The molecule has 1 aliphatic carbocycles. The van der Waals surface area contributed by atoms with Crippen LogP contribution in [0.2, 0.25) is 0 Å². The molecule has 0 saturated carbocycles. The van der Waals surface area contributed by atoms with E-state index >= 15 is 0 Å². The number of carboxylic acid groups (broad SMARTS) is 1. The standard InChI is InChI=1S/C28H36N2O5/c1-5-10-24(26(33)29-18(15-25(31)32)16-28(2,3)4)30-27(34)35-17-23-21-13-8-6-11-19(21)20-12-7-9-14-22(20)23/h6-9,11-14,18,23-24H,5,10,15-17H2,1-4H3,(H,29,33)(H,30,34)(H,31,32). The third-order valence-corrected chi connectivity index (χ3v) is 6.16. The van der Waals surface area contributed by atoms with E-state index < -0.39 is 30.1 Å². The lowest BCUT2D eigenvalue weighted by Crippen LogP contribution is -2.50. The maximum absolute atomic E-state index is 13.0. The fourth-order valence-electron chi connectivity index (χ4n) is 4.77. The van der Waals surface area contributed by atoms with Crippen LogP contribution in [0.5, 0.6) is 0 Å². The summed E-state index contributed by atoms with van der Waals surface area (Å²) in [6.07, 6.45) is 0.767. The monoisotopic (exact) mass is 480 g/mol. The molecule has 2 amide bonds. The minimum absolute atomic E-state index is 0.0710. The van der Waals surface area contributed by atoms with Crippen LogP contribution in [0.3, 0.4) is 0 Å². The summed E-state index contributed by atoms with van der Waals surface area (Å²) in [5.41, 5.74) is 4.35. The van der Waals surface area contributed by atoms with Crippen LogP contribution in [0.1, 0.15) is 70.4 Å². The first-order valence-corrected chi connectivity index (χ1v) is 12.2. The molecule has 2 aromatic carbocycles. The Kier molecular flexibility index (Phi) is 8.54. The number of hydrogen-bond donors (Lipinski definition) is 3. The lowest BCUT2D eigenvalue weighted by molar-refractivity contribution is -0.138. The van der Waals surface area contributed by atoms with Crippen LogP contribution in [-0.2, 0) is 14.3 Å². The molecule has 0 fully saturated rings. The zero-order chi connectivity index (χ0) is 25.6. The predicted molar refractivity (Wildman–Crippen MR) is 135 cm³/mol. The highest BCUT2D eigenvalue weighted by molar-refractivity contribution is 5.86. The Morgan fingerprint density at radius 2 is 1.54 bits per heavy atom. The molecule has 1 aliphatic rings. The van der Waals surface area contributed by atoms with Crippen molar-refractivity contribution in [2.24, 2.45) is 5.41 Å². The van der Waals surface area contributed by atoms with Gasteiger partial charge in [-0.15, -0.1) is 0 Å². The first kappa shape index (κ1) is 26.3. The van der Waals surface area contributed by atoms with Gasteiger partial charge in [-0.25, -0.2) is 4.79 Å². The molecule has 0 saturated heterocycles. The highest BCUT2D eigenvalue weighted by atomic mass is 16.5. The molecule has 0 heterocycles. The van der Waals surface area contributed by atoms with Gasteiger partial charge in [0.1, 0.15) is 12.6 Å². The molecule has 3 N–H and O–H groups in total.